The molecule has 6 nitrogen and oxygen atoms in total. The fourth-order valence-corrected chi connectivity index (χ4v) is 1.51. The van der Waals surface area contributed by atoms with E-state index in [0.717, 1.165) is 10.0 Å². The second kappa shape index (κ2) is 6.05. The van der Waals surface area contributed by atoms with E-state index in [4.69, 9.17) is 0 Å². The number of hydrogen-bond acceptors (Lipinski definition) is 4. The molecule has 0 radical (unpaired) electrons. The molecule has 0 unspecified atom stereocenters. The monoisotopic (exact) mass is 320 g/mol. The lowest BCUT2D eigenvalue weighted by atomic mass is 10.2. The number of amides is 1. The summed E-state index contributed by atoms with van der Waals surface area (Å²) in [7, 11) is 0. The SMILES string of the molecule is O=C(NN=Cc1ccc(Br)cc1)c1ccc(=O)[nH]n1. The van der Waals surface area contributed by atoms with E-state index in [-0.39, 0.29) is 11.3 Å². The number of aromatic nitrogens is 2. The van der Waals surface area contributed by atoms with Crippen molar-refractivity contribution in [2.45, 2.75) is 0 Å². The van der Waals surface area contributed by atoms with Gasteiger partial charge in [0, 0.05) is 10.5 Å². The summed E-state index contributed by atoms with van der Waals surface area (Å²) in [4.78, 5) is 22.4. The molecule has 1 aromatic heterocycles. The van der Waals surface area contributed by atoms with Gasteiger partial charge in [-0.3, -0.25) is 9.59 Å². The second-order valence-corrected chi connectivity index (χ2v) is 4.47. The van der Waals surface area contributed by atoms with E-state index < -0.39 is 5.91 Å². The van der Waals surface area contributed by atoms with E-state index in [1.54, 1.807) is 0 Å². The number of H-pyrrole nitrogens is 1. The first-order valence-corrected chi connectivity index (χ1v) is 6.09. The van der Waals surface area contributed by atoms with Crippen molar-refractivity contribution >= 4 is 28.1 Å². The lowest BCUT2D eigenvalue weighted by Gasteiger charge is -1.97. The third-order valence-corrected chi connectivity index (χ3v) is 2.69. The first-order chi connectivity index (χ1) is 9.15. The number of hydrogen-bond donors (Lipinski definition) is 2. The minimum Gasteiger partial charge on any atom is -0.268 e. The van der Waals surface area contributed by atoms with Crippen molar-refractivity contribution in [3.63, 3.8) is 0 Å². The minimum absolute atomic E-state index is 0.0903. The third-order valence-electron chi connectivity index (χ3n) is 2.16. The summed E-state index contributed by atoms with van der Waals surface area (Å²) in [6, 6.07) is 9.97. The van der Waals surface area contributed by atoms with Crippen LogP contribution in [0, 0.1) is 0 Å². The van der Waals surface area contributed by atoms with Crippen LogP contribution in [0.1, 0.15) is 16.1 Å². The van der Waals surface area contributed by atoms with Crippen LogP contribution in [0.5, 0.6) is 0 Å². The average Bonchev–Trinajstić information content (AvgIpc) is 2.41. The number of aromatic amines is 1. The van der Waals surface area contributed by atoms with E-state index >= 15 is 0 Å². The Bertz CT molecular complexity index is 644. The van der Waals surface area contributed by atoms with Crippen LogP contribution >= 0.6 is 15.9 Å². The summed E-state index contributed by atoms with van der Waals surface area (Å²) in [6.07, 6.45) is 1.51. The molecule has 0 aliphatic carbocycles. The molecular formula is C12H9BrN4O2. The van der Waals surface area contributed by atoms with Crippen molar-refractivity contribution in [3.05, 3.63) is 62.5 Å². The predicted molar refractivity (Wildman–Crippen MR) is 74.1 cm³/mol. The van der Waals surface area contributed by atoms with Crippen LogP contribution in [-0.2, 0) is 0 Å². The zero-order chi connectivity index (χ0) is 13.7. The molecule has 1 amide bonds. The van der Waals surface area contributed by atoms with Crippen LogP contribution < -0.4 is 11.0 Å². The maximum absolute atomic E-state index is 11.6. The lowest BCUT2D eigenvalue weighted by Crippen LogP contribution is -2.21. The molecule has 0 spiro atoms. The van der Waals surface area contributed by atoms with Crippen LogP contribution in [0.15, 0.2) is 50.8 Å². The Labute approximate surface area is 116 Å². The van der Waals surface area contributed by atoms with E-state index in [9.17, 15) is 9.59 Å². The van der Waals surface area contributed by atoms with Gasteiger partial charge in [0.25, 0.3) is 11.5 Å². The number of nitrogens with one attached hydrogen (secondary N) is 2. The summed E-state index contributed by atoms with van der Waals surface area (Å²) in [5.74, 6) is -0.496. The van der Waals surface area contributed by atoms with Crippen LogP contribution in [0.2, 0.25) is 0 Å². The van der Waals surface area contributed by atoms with Crippen LogP contribution in [-0.4, -0.2) is 22.3 Å². The molecule has 0 saturated heterocycles. The van der Waals surface area contributed by atoms with E-state index in [2.05, 4.69) is 36.7 Å². The van der Waals surface area contributed by atoms with Crippen molar-refractivity contribution < 1.29 is 4.79 Å². The molecule has 0 aliphatic heterocycles. The minimum atomic E-state index is -0.496. The largest absolute Gasteiger partial charge is 0.291 e. The molecule has 0 bridgehead atoms. The molecule has 0 fully saturated rings. The number of carbonyl (C=O) groups is 1. The van der Waals surface area contributed by atoms with Crippen molar-refractivity contribution in [1.82, 2.24) is 15.6 Å². The first-order valence-electron chi connectivity index (χ1n) is 5.30. The highest BCUT2D eigenvalue weighted by molar-refractivity contribution is 9.10. The molecule has 0 saturated carbocycles. The molecule has 2 aromatic rings. The van der Waals surface area contributed by atoms with Crippen molar-refractivity contribution in [2.75, 3.05) is 0 Å². The number of halogens is 1. The van der Waals surface area contributed by atoms with Crippen LogP contribution in [0.3, 0.4) is 0 Å². The van der Waals surface area contributed by atoms with Crippen molar-refractivity contribution in [1.29, 1.82) is 0 Å². The lowest BCUT2D eigenvalue weighted by molar-refractivity contribution is 0.0949. The van der Waals surface area contributed by atoms with Crippen LogP contribution in [0.25, 0.3) is 0 Å². The number of benzene rings is 1. The van der Waals surface area contributed by atoms with E-state index in [1.165, 1.54) is 18.3 Å². The zero-order valence-corrected chi connectivity index (χ0v) is 11.2. The summed E-state index contributed by atoms with van der Waals surface area (Å²) in [6.45, 7) is 0. The quantitative estimate of drug-likeness (QED) is 0.660. The molecule has 2 N–H and O–H groups in total. The van der Waals surface area contributed by atoms with Gasteiger partial charge in [-0.1, -0.05) is 28.1 Å². The van der Waals surface area contributed by atoms with Gasteiger partial charge in [-0.2, -0.15) is 10.2 Å². The summed E-state index contributed by atoms with van der Waals surface area (Å²) < 4.78 is 0.964. The smallest absolute Gasteiger partial charge is 0.268 e. The normalized spacial score (nSPS) is 10.6. The van der Waals surface area contributed by atoms with Gasteiger partial charge in [-0.25, -0.2) is 10.5 Å². The van der Waals surface area contributed by atoms with Gasteiger partial charge in [0.05, 0.1) is 6.21 Å². The Morgan fingerprint density at radius 3 is 2.63 bits per heavy atom. The Balaban J connectivity index is 1.98. The third kappa shape index (κ3) is 3.85. The molecule has 1 aromatic carbocycles. The van der Waals surface area contributed by atoms with Gasteiger partial charge >= 0.3 is 0 Å². The number of nitrogens with zero attached hydrogens (tertiary/aromatic N) is 2. The molecule has 96 valence electrons. The number of rotatable bonds is 3. The standard InChI is InChI=1S/C12H9BrN4O2/c13-9-3-1-8(2-4-9)7-14-17-12(19)10-5-6-11(18)16-15-10/h1-7H,(H,16,18)(H,17,19). The molecular weight excluding hydrogens is 312 g/mol. The highest BCUT2D eigenvalue weighted by Crippen LogP contribution is 2.08. The highest BCUT2D eigenvalue weighted by atomic mass is 79.9. The fraction of sp³-hybridized carbons (Fsp3) is 0. The van der Waals surface area contributed by atoms with Gasteiger partial charge in [-0.15, -0.1) is 0 Å². The van der Waals surface area contributed by atoms with Gasteiger partial charge in [0.15, 0.2) is 5.69 Å². The molecule has 7 heteroatoms. The zero-order valence-electron chi connectivity index (χ0n) is 9.63. The maximum atomic E-state index is 11.6. The fourth-order valence-electron chi connectivity index (χ4n) is 1.24. The van der Waals surface area contributed by atoms with Crippen molar-refractivity contribution in [3.8, 4) is 0 Å². The predicted octanol–water partition coefficient (Wildman–Crippen LogP) is 1.30. The van der Waals surface area contributed by atoms with E-state index in [1.807, 2.05) is 24.3 Å². The molecule has 19 heavy (non-hydrogen) atoms. The summed E-state index contributed by atoms with van der Waals surface area (Å²) in [5, 5.41) is 9.56. The Kier molecular flexibility index (Phi) is 4.19. The molecule has 0 atom stereocenters. The maximum Gasteiger partial charge on any atom is 0.291 e. The molecule has 1 heterocycles. The summed E-state index contributed by atoms with van der Waals surface area (Å²) in [5.41, 5.74) is 2.89. The topological polar surface area (TPSA) is 87.2 Å². The first kappa shape index (κ1) is 13.2. The Morgan fingerprint density at radius 2 is 2.00 bits per heavy atom. The van der Waals surface area contributed by atoms with Gasteiger partial charge < -0.3 is 0 Å². The van der Waals surface area contributed by atoms with Gasteiger partial charge in [0.1, 0.15) is 0 Å². The molecule has 2 rings (SSSR count). The Morgan fingerprint density at radius 1 is 1.26 bits per heavy atom. The van der Waals surface area contributed by atoms with Crippen LogP contribution in [0.4, 0.5) is 0 Å². The van der Waals surface area contributed by atoms with Gasteiger partial charge in [0.2, 0.25) is 0 Å². The summed E-state index contributed by atoms with van der Waals surface area (Å²) >= 11 is 3.32. The second-order valence-electron chi connectivity index (χ2n) is 3.56. The van der Waals surface area contributed by atoms with Crippen molar-refractivity contribution in [2.24, 2.45) is 5.10 Å². The van der Waals surface area contributed by atoms with Gasteiger partial charge in [-0.05, 0) is 23.8 Å². The Hall–Kier alpha value is -2.28. The van der Waals surface area contributed by atoms with E-state index in [0.29, 0.717) is 0 Å². The molecule has 0 aliphatic rings. The number of hydrazone groups is 1. The highest BCUT2D eigenvalue weighted by Gasteiger charge is 2.04. The average molecular weight is 321 g/mol. The number of carbonyl (C=O) groups excluding carboxylic acids is 1.